The van der Waals surface area contributed by atoms with Gasteiger partial charge in [0.2, 0.25) is 5.91 Å². The van der Waals surface area contributed by atoms with Crippen molar-refractivity contribution in [3.05, 3.63) is 72.2 Å². The topological polar surface area (TPSA) is 101 Å². The van der Waals surface area contributed by atoms with Gasteiger partial charge in [-0.05, 0) is 67.6 Å². The Hall–Kier alpha value is -3.92. The van der Waals surface area contributed by atoms with Crippen LogP contribution in [0.4, 0.5) is 10.1 Å². The van der Waals surface area contributed by atoms with E-state index in [0.29, 0.717) is 22.9 Å². The molecule has 1 heterocycles. The third-order valence-corrected chi connectivity index (χ3v) is 3.95. The van der Waals surface area contributed by atoms with Crippen molar-refractivity contribution in [1.82, 2.24) is 4.98 Å². The molecule has 0 bridgehead atoms. The first-order valence-electron chi connectivity index (χ1n) is 8.46. The molecule has 0 fully saturated rings. The number of aromatic nitrogens is 1. The molecule has 0 aliphatic rings. The number of carbonyl (C=O) groups is 1. The van der Waals surface area contributed by atoms with E-state index in [9.17, 15) is 14.4 Å². The normalized spacial score (nSPS) is 11.3. The van der Waals surface area contributed by atoms with Crippen molar-refractivity contribution in [2.24, 2.45) is 5.73 Å². The number of rotatable bonds is 6. The molecule has 2 aromatic carbocycles. The van der Waals surface area contributed by atoms with Gasteiger partial charge in [-0.1, -0.05) is 0 Å². The molecule has 3 N–H and O–H groups in total. The fourth-order valence-electron chi connectivity index (χ4n) is 2.47. The third kappa shape index (κ3) is 4.62. The van der Waals surface area contributed by atoms with E-state index in [1.807, 2.05) is 6.07 Å². The molecule has 28 heavy (non-hydrogen) atoms. The minimum Gasteiger partial charge on any atom is -0.457 e. The Morgan fingerprint density at radius 2 is 1.75 bits per heavy atom. The highest BCUT2D eigenvalue weighted by Crippen LogP contribution is 2.27. The maximum absolute atomic E-state index is 13.0. The number of benzene rings is 2. The highest BCUT2D eigenvalue weighted by Gasteiger charge is 2.11. The largest absolute Gasteiger partial charge is 0.457 e. The van der Waals surface area contributed by atoms with Crippen LogP contribution in [0.1, 0.15) is 12.6 Å². The number of nitrogens with two attached hydrogens (primary N) is 1. The summed E-state index contributed by atoms with van der Waals surface area (Å²) in [6.45, 7) is 1.63. The standard InChI is InChI=1S/C21H17FN4O2/c1-13(21(24)27)25-16-10-17(12-23)26-20(11-16)14-2-6-18(7-3-14)28-19-8-4-15(22)5-9-19/h2-11,13H,1H3,(H2,24,27)(H,25,26). The van der Waals surface area contributed by atoms with Crippen molar-refractivity contribution >= 4 is 11.6 Å². The zero-order valence-electron chi connectivity index (χ0n) is 15.0. The monoisotopic (exact) mass is 376 g/mol. The lowest BCUT2D eigenvalue weighted by Gasteiger charge is -2.13. The number of hydrogen-bond donors (Lipinski definition) is 2. The summed E-state index contributed by atoms with van der Waals surface area (Å²) in [5, 5.41) is 12.2. The first kappa shape index (κ1) is 18.9. The molecular weight excluding hydrogens is 359 g/mol. The molecule has 1 atom stereocenters. The van der Waals surface area contributed by atoms with Crippen LogP contribution < -0.4 is 15.8 Å². The zero-order chi connectivity index (χ0) is 20.1. The minimum atomic E-state index is -0.590. The molecular formula is C21H17FN4O2. The van der Waals surface area contributed by atoms with Crippen LogP contribution in [0.15, 0.2) is 60.7 Å². The number of anilines is 1. The molecule has 7 heteroatoms. The molecule has 1 aromatic heterocycles. The number of hydrogen-bond acceptors (Lipinski definition) is 5. The maximum Gasteiger partial charge on any atom is 0.239 e. The molecule has 3 aromatic rings. The van der Waals surface area contributed by atoms with Gasteiger partial charge in [-0.15, -0.1) is 0 Å². The summed E-state index contributed by atoms with van der Waals surface area (Å²) in [7, 11) is 0. The number of halogens is 1. The van der Waals surface area contributed by atoms with E-state index < -0.39 is 11.9 Å². The molecule has 0 aliphatic heterocycles. The van der Waals surface area contributed by atoms with E-state index in [1.54, 1.807) is 55.5 Å². The average molecular weight is 376 g/mol. The Kier molecular flexibility index (Phi) is 5.51. The molecule has 0 saturated heterocycles. The van der Waals surface area contributed by atoms with Crippen LogP contribution in [0, 0.1) is 17.1 Å². The summed E-state index contributed by atoms with van der Waals surface area (Å²) in [6.07, 6.45) is 0. The summed E-state index contributed by atoms with van der Waals surface area (Å²) in [5.41, 5.74) is 7.38. The lowest BCUT2D eigenvalue weighted by Crippen LogP contribution is -2.32. The van der Waals surface area contributed by atoms with Crippen LogP contribution >= 0.6 is 0 Å². The fraction of sp³-hybridized carbons (Fsp3) is 0.0952. The van der Waals surface area contributed by atoms with Gasteiger partial charge in [0.25, 0.3) is 0 Å². The van der Waals surface area contributed by atoms with Gasteiger partial charge < -0.3 is 15.8 Å². The van der Waals surface area contributed by atoms with Crippen LogP contribution in [0.3, 0.4) is 0 Å². The van der Waals surface area contributed by atoms with Crippen molar-refractivity contribution in [3.8, 4) is 28.8 Å². The van der Waals surface area contributed by atoms with Crippen LogP contribution in [0.5, 0.6) is 11.5 Å². The van der Waals surface area contributed by atoms with Crippen LogP contribution in [0.2, 0.25) is 0 Å². The zero-order valence-corrected chi connectivity index (χ0v) is 15.0. The van der Waals surface area contributed by atoms with E-state index in [0.717, 1.165) is 5.56 Å². The van der Waals surface area contributed by atoms with Gasteiger partial charge in [0, 0.05) is 11.3 Å². The lowest BCUT2D eigenvalue weighted by atomic mass is 10.1. The van der Waals surface area contributed by atoms with Gasteiger partial charge in [-0.3, -0.25) is 4.79 Å². The Balaban J connectivity index is 1.83. The molecule has 1 amide bonds. The van der Waals surface area contributed by atoms with Crippen molar-refractivity contribution in [3.63, 3.8) is 0 Å². The number of amides is 1. The first-order chi connectivity index (χ1) is 13.4. The van der Waals surface area contributed by atoms with Crippen molar-refractivity contribution in [1.29, 1.82) is 5.26 Å². The molecule has 140 valence electrons. The van der Waals surface area contributed by atoms with Crippen LogP contribution in [-0.2, 0) is 4.79 Å². The molecule has 0 aliphatic carbocycles. The molecule has 3 rings (SSSR count). The van der Waals surface area contributed by atoms with Gasteiger partial charge in [0.1, 0.15) is 35.1 Å². The van der Waals surface area contributed by atoms with E-state index >= 15 is 0 Å². The smallest absolute Gasteiger partial charge is 0.239 e. The van der Waals surface area contributed by atoms with Gasteiger partial charge in [0.05, 0.1) is 5.69 Å². The summed E-state index contributed by atoms with van der Waals surface area (Å²) < 4.78 is 18.6. The third-order valence-electron chi connectivity index (χ3n) is 3.95. The predicted molar refractivity (Wildman–Crippen MR) is 103 cm³/mol. The van der Waals surface area contributed by atoms with Crippen molar-refractivity contribution in [2.45, 2.75) is 13.0 Å². The Labute approximate surface area is 161 Å². The Morgan fingerprint density at radius 1 is 1.14 bits per heavy atom. The number of nitrogens with one attached hydrogen (secondary N) is 1. The number of nitrogens with zero attached hydrogens (tertiary/aromatic N) is 2. The number of nitriles is 1. The van der Waals surface area contributed by atoms with E-state index in [2.05, 4.69) is 10.3 Å². The van der Waals surface area contributed by atoms with Gasteiger partial charge in [-0.2, -0.15) is 5.26 Å². The van der Waals surface area contributed by atoms with Crippen molar-refractivity contribution < 1.29 is 13.9 Å². The average Bonchev–Trinajstić information content (AvgIpc) is 2.70. The summed E-state index contributed by atoms with van der Waals surface area (Å²) >= 11 is 0. The Bertz CT molecular complexity index is 1030. The molecule has 1 unspecified atom stereocenters. The Morgan fingerprint density at radius 3 is 2.32 bits per heavy atom. The fourth-order valence-corrected chi connectivity index (χ4v) is 2.47. The molecule has 0 radical (unpaired) electrons. The maximum atomic E-state index is 13.0. The lowest BCUT2D eigenvalue weighted by molar-refractivity contribution is -0.118. The molecule has 0 saturated carbocycles. The number of carbonyl (C=O) groups excluding carboxylic acids is 1. The van der Waals surface area contributed by atoms with E-state index in [4.69, 9.17) is 10.5 Å². The summed E-state index contributed by atoms with van der Waals surface area (Å²) in [4.78, 5) is 15.6. The van der Waals surface area contributed by atoms with Gasteiger partial charge >= 0.3 is 0 Å². The quantitative estimate of drug-likeness (QED) is 0.681. The highest BCUT2D eigenvalue weighted by molar-refractivity contribution is 5.82. The second kappa shape index (κ2) is 8.18. The number of ether oxygens (including phenoxy) is 1. The predicted octanol–water partition coefficient (Wildman–Crippen LogP) is 3.84. The number of pyridine rings is 1. The van der Waals surface area contributed by atoms with E-state index in [-0.39, 0.29) is 11.5 Å². The second-order valence-electron chi connectivity index (χ2n) is 6.09. The molecule has 6 nitrogen and oxygen atoms in total. The summed E-state index contributed by atoms with van der Waals surface area (Å²) in [6, 6.07) is 17.5. The minimum absolute atomic E-state index is 0.211. The first-order valence-corrected chi connectivity index (χ1v) is 8.46. The number of primary amides is 1. The SMILES string of the molecule is CC(Nc1cc(C#N)nc(-c2ccc(Oc3ccc(F)cc3)cc2)c1)C(N)=O. The van der Waals surface area contributed by atoms with Crippen LogP contribution in [-0.4, -0.2) is 16.9 Å². The molecule has 0 spiro atoms. The second-order valence-corrected chi connectivity index (χ2v) is 6.09. The van der Waals surface area contributed by atoms with E-state index in [1.165, 1.54) is 12.1 Å². The van der Waals surface area contributed by atoms with Crippen molar-refractivity contribution in [2.75, 3.05) is 5.32 Å². The highest BCUT2D eigenvalue weighted by atomic mass is 19.1. The van der Waals surface area contributed by atoms with Crippen LogP contribution in [0.25, 0.3) is 11.3 Å². The van der Waals surface area contributed by atoms with Gasteiger partial charge in [0.15, 0.2) is 0 Å². The van der Waals surface area contributed by atoms with Gasteiger partial charge in [-0.25, -0.2) is 9.37 Å². The summed E-state index contributed by atoms with van der Waals surface area (Å²) in [5.74, 6) is 0.263.